The molecule has 0 fully saturated rings. The molecule has 1 aliphatic rings. The number of thiophene rings is 1. The molecular weight excluding hydrogens is 773 g/mol. The van der Waals surface area contributed by atoms with Crippen molar-refractivity contribution >= 4 is 54.3 Å². The van der Waals surface area contributed by atoms with Crippen LogP contribution in [-0.2, 0) is 0 Å². The van der Waals surface area contributed by atoms with E-state index in [4.69, 9.17) is 16.0 Å². The summed E-state index contributed by atoms with van der Waals surface area (Å²) < 4.78 is 2.51. The molecule has 1 aliphatic heterocycles. The molecule has 10 rings (SSSR count). The molecule has 0 radical (unpaired) electrons. The van der Waals surface area contributed by atoms with Crippen molar-refractivity contribution in [2.24, 2.45) is 10.7 Å². The standard InChI is InChI=1S/C57H43N4S/c1-38(39-17-6-2-7-18-39)33-51(59-56(58)43-21-10-4-11-22-43)46-26-16-25-45(34-46)49-36-55-50(47-27-14-15-28-54(47)62-55)35-48(49)40-29-31-42(32-30-40)53-37-52(41-19-8-3-9-20-41)60-57(61-53)44-23-12-5-13-24-44/h2-37,52,57,61H,1H2,(H2,58,59)/q-1/b51-33-. The summed E-state index contributed by atoms with van der Waals surface area (Å²) in [6.07, 6.45) is 4.10. The summed E-state index contributed by atoms with van der Waals surface area (Å²) >= 11 is 1.83. The molecule has 1 aromatic heterocycles. The van der Waals surface area contributed by atoms with E-state index in [1.54, 1.807) is 0 Å². The molecular formula is C57H43N4S-. The van der Waals surface area contributed by atoms with Crippen LogP contribution in [0.5, 0.6) is 0 Å². The molecule has 0 spiro atoms. The molecule has 0 aliphatic carbocycles. The normalized spacial score (nSPS) is 15.6. The lowest BCUT2D eigenvalue weighted by molar-refractivity contribution is 0.664. The number of nitrogens with one attached hydrogen (secondary N) is 1. The van der Waals surface area contributed by atoms with Crippen molar-refractivity contribution in [3.05, 3.63) is 264 Å². The Hall–Kier alpha value is -7.57. The number of amidine groups is 1. The zero-order chi connectivity index (χ0) is 41.8. The third-order valence-electron chi connectivity index (χ3n) is 11.4. The van der Waals surface area contributed by atoms with Crippen LogP contribution in [0.1, 0.15) is 45.6 Å². The molecule has 4 nitrogen and oxygen atoms in total. The van der Waals surface area contributed by atoms with Crippen LogP contribution in [-0.4, -0.2) is 5.84 Å². The zero-order valence-electron chi connectivity index (χ0n) is 34.0. The van der Waals surface area contributed by atoms with Crippen molar-refractivity contribution in [2.45, 2.75) is 12.2 Å². The van der Waals surface area contributed by atoms with E-state index in [1.165, 1.54) is 25.7 Å². The Bertz CT molecular complexity index is 3130. The van der Waals surface area contributed by atoms with Crippen molar-refractivity contribution in [3.63, 3.8) is 0 Å². The van der Waals surface area contributed by atoms with Crippen LogP contribution in [0.25, 0.3) is 64.7 Å². The fraction of sp³-hybridized carbons (Fsp3) is 0.0351. The predicted molar refractivity (Wildman–Crippen MR) is 264 cm³/mol. The molecule has 5 heteroatoms. The molecule has 62 heavy (non-hydrogen) atoms. The van der Waals surface area contributed by atoms with Gasteiger partial charge in [0, 0.05) is 37.0 Å². The Morgan fingerprint density at radius 2 is 1.15 bits per heavy atom. The highest BCUT2D eigenvalue weighted by atomic mass is 32.1. The van der Waals surface area contributed by atoms with E-state index in [2.05, 4.69) is 170 Å². The fourth-order valence-corrected chi connectivity index (χ4v) is 9.35. The average Bonchev–Trinajstić information content (AvgIpc) is 3.72. The number of hydrogen-bond donors (Lipinski definition) is 2. The minimum absolute atomic E-state index is 0.0818. The van der Waals surface area contributed by atoms with Crippen LogP contribution in [0.4, 0.5) is 0 Å². The Morgan fingerprint density at radius 3 is 1.87 bits per heavy atom. The minimum Gasteiger partial charge on any atom is -0.629 e. The maximum Gasteiger partial charge on any atom is 0.131 e. The predicted octanol–water partition coefficient (Wildman–Crippen LogP) is 14.6. The SMILES string of the molecule is C=C(/C=C(\N=C(N)c1ccccc1)c1cccc(-c2cc3sc4ccccc4c3cc2-c2ccc(C3=CC(c4ccccc4)[N-]C(c4ccccc4)N3)cc2)c1)c1ccccc1. The van der Waals surface area contributed by atoms with Gasteiger partial charge in [-0.05, 0) is 81.0 Å². The van der Waals surface area contributed by atoms with E-state index in [0.717, 1.165) is 67.0 Å². The number of allylic oxidation sites excluding steroid dienone is 2. The number of aliphatic imine (C=N–C) groups is 1. The lowest BCUT2D eigenvalue weighted by Gasteiger charge is -2.45. The lowest BCUT2D eigenvalue weighted by Crippen LogP contribution is -2.25. The van der Waals surface area contributed by atoms with Gasteiger partial charge in [-0.15, -0.1) is 11.3 Å². The maximum atomic E-state index is 6.70. The molecule has 298 valence electrons. The Balaban J connectivity index is 1.08. The van der Waals surface area contributed by atoms with Gasteiger partial charge in [-0.25, -0.2) is 4.99 Å². The molecule has 2 heterocycles. The van der Waals surface area contributed by atoms with Gasteiger partial charge in [-0.1, -0.05) is 206 Å². The van der Waals surface area contributed by atoms with Gasteiger partial charge in [0.2, 0.25) is 0 Å². The lowest BCUT2D eigenvalue weighted by atomic mass is 9.90. The van der Waals surface area contributed by atoms with Crippen LogP contribution in [0.3, 0.4) is 0 Å². The molecule has 2 atom stereocenters. The Kier molecular flexibility index (Phi) is 10.7. The first-order chi connectivity index (χ1) is 30.5. The summed E-state index contributed by atoms with van der Waals surface area (Å²) in [6, 6.07) is 72.0. The Labute approximate surface area is 366 Å². The van der Waals surface area contributed by atoms with Crippen molar-refractivity contribution < 1.29 is 0 Å². The van der Waals surface area contributed by atoms with Crippen molar-refractivity contribution in [1.82, 2.24) is 5.32 Å². The molecule has 3 N–H and O–H groups in total. The van der Waals surface area contributed by atoms with E-state index in [1.807, 2.05) is 72.0 Å². The van der Waals surface area contributed by atoms with Crippen LogP contribution in [0.2, 0.25) is 0 Å². The van der Waals surface area contributed by atoms with Crippen molar-refractivity contribution in [2.75, 3.05) is 0 Å². The molecule has 9 aromatic rings. The summed E-state index contributed by atoms with van der Waals surface area (Å²) in [5.41, 5.74) is 20.1. The van der Waals surface area contributed by atoms with Gasteiger partial charge in [-0.3, -0.25) is 0 Å². The second kappa shape index (κ2) is 17.2. The second-order valence-corrected chi connectivity index (χ2v) is 16.6. The van der Waals surface area contributed by atoms with Crippen LogP contribution < -0.4 is 11.1 Å². The monoisotopic (exact) mass is 815 g/mol. The topological polar surface area (TPSA) is 64.5 Å². The van der Waals surface area contributed by atoms with Crippen LogP contribution in [0.15, 0.2) is 230 Å². The number of benzene rings is 8. The molecule has 8 aromatic carbocycles. The summed E-state index contributed by atoms with van der Waals surface area (Å²) in [4.78, 5) is 5.06. The van der Waals surface area contributed by atoms with Gasteiger partial charge in [0.15, 0.2) is 0 Å². The largest absolute Gasteiger partial charge is 0.629 e. The van der Waals surface area contributed by atoms with E-state index in [9.17, 15) is 0 Å². The number of fused-ring (bicyclic) bond motifs is 3. The summed E-state index contributed by atoms with van der Waals surface area (Å²) in [7, 11) is 0. The summed E-state index contributed by atoms with van der Waals surface area (Å²) in [5.74, 6) is 0.442. The highest BCUT2D eigenvalue weighted by Gasteiger charge is 2.18. The molecule has 0 saturated carbocycles. The van der Waals surface area contributed by atoms with E-state index in [-0.39, 0.29) is 12.2 Å². The van der Waals surface area contributed by atoms with Crippen LogP contribution >= 0.6 is 11.3 Å². The van der Waals surface area contributed by atoms with Crippen LogP contribution in [0, 0.1) is 0 Å². The third kappa shape index (κ3) is 8.03. The first kappa shape index (κ1) is 38.6. The van der Waals surface area contributed by atoms with Gasteiger partial charge in [0.1, 0.15) is 5.84 Å². The van der Waals surface area contributed by atoms with Gasteiger partial charge >= 0.3 is 0 Å². The van der Waals surface area contributed by atoms with Crippen molar-refractivity contribution in [3.8, 4) is 22.3 Å². The summed E-state index contributed by atoms with van der Waals surface area (Å²) in [6.45, 7) is 4.44. The summed E-state index contributed by atoms with van der Waals surface area (Å²) in [5, 5.41) is 11.5. The number of nitrogens with zero attached hydrogens (tertiary/aromatic N) is 2. The van der Waals surface area contributed by atoms with Gasteiger partial charge in [0.05, 0.1) is 5.70 Å². The molecule has 2 unspecified atom stereocenters. The van der Waals surface area contributed by atoms with Gasteiger partial charge in [-0.2, -0.15) is 0 Å². The number of hydrogen-bond acceptors (Lipinski definition) is 3. The second-order valence-electron chi connectivity index (χ2n) is 15.5. The number of nitrogens with two attached hydrogens (primary N) is 1. The first-order valence-electron chi connectivity index (χ1n) is 20.8. The Morgan fingerprint density at radius 1 is 0.548 bits per heavy atom. The first-order valence-corrected chi connectivity index (χ1v) is 21.7. The van der Waals surface area contributed by atoms with E-state index in [0.29, 0.717) is 5.84 Å². The fourth-order valence-electron chi connectivity index (χ4n) is 8.22. The highest BCUT2D eigenvalue weighted by Crippen LogP contribution is 2.44. The van der Waals surface area contributed by atoms with Crippen molar-refractivity contribution in [1.29, 1.82) is 0 Å². The van der Waals surface area contributed by atoms with Gasteiger partial charge < -0.3 is 16.4 Å². The van der Waals surface area contributed by atoms with E-state index < -0.39 is 0 Å². The quantitative estimate of drug-likeness (QED) is 0.0820. The minimum atomic E-state index is -0.176. The van der Waals surface area contributed by atoms with Gasteiger partial charge in [0.25, 0.3) is 0 Å². The molecule has 0 saturated heterocycles. The third-order valence-corrected chi connectivity index (χ3v) is 12.6. The zero-order valence-corrected chi connectivity index (χ0v) is 34.8. The number of rotatable bonds is 10. The highest BCUT2D eigenvalue weighted by molar-refractivity contribution is 7.25. The average molecular weight is 816 g/mol. The maximum absolute atomic E-state index is 6.70. The molecule has 0 amide bonds. The smallest absolute Gasteiger partial charge is 0.131 e. The molecule has 0 bridgehead atoms. The van der Waals surface area contributed by atoms with E-state index >= 15 is 0 Å².